The number of carbonyl (C=O) groups excluding carboxylic acids is 1. The van der Waals surface area contributed by atoms with Crippen LogP contribution in [0.4, 0.5) is 4.39 Å². The molecule has 3 rings (SSSR count). The highest BCUT2D eigenvalue weighted by Crippen LogP contribution is 2.20. The fourth-order valence-electron chi connectivity index (χ4n) is 3.00. The van der Waals surface area contributed by atoms with Crippen molar-refractivity contribution < 1.29 is 9.18 Å². The van der Waals surface area contributed by atoms with Crippen molar-refractivity contribution >= 4 is 28.6 Å². The summed E-state index contributed by atoms with van der Waals surface area (Å²) >= 11 is 1.74. The molecule has 2 aromatic heterocycles. The lowest BCUT2D eigenvalue weighted by atomic mass is 10.1. The molecule has 1 aromatic carbocycles. The van der Waals surface area contributed by atoms with E-state index in [0.29, 0.717) is 13.0 Å². The van der Waals surface area contributed by atoms with Crippen molar-refractivity contribution in [3.05, 3.63) is 60.3 Å². The Morgan fingerprint density at radius 1 is 1.36 bits per heavy atom. The SMILES string of the molecule is CSCCC(C(=O)NCCc1c[nH]c2ccc(F)cc12)n1cccc1. The number of fused-ring (bicyclic) bond motifs is 1. The van der Waals surface area contributed by atoms with Crippen LogP contribution in [0.15, 0.2) is 48.9 Å². The highest BCUT2D eigenvalue weighted by atomic mass is 32.2. The predicted molar refractivity (Wildman–Crippen MR) is 101 cm³/mol. The van der Waals surface area contributed by atoms with Crippen molar-refractivity contribution in [3.8, 4) is 0 Å². The number of amides is 1. The first kappa shape index (κ1) is 17.6. The molecule has 6 heteroatoms. The van der Waals surface area contributed by atoms with Crippen LogP contribution in [0.5, 0.6) is 0 Å². The van der Waals surface area contributed by atoms with Gasteiger partial charge in [0.1, 0.15) is 11.9 Å². The van der Waals surface area contributed by atoms with E-state index < -0.39 is 0 Å². The molecule has 132 valence electrons. The van der Waals surface area contributed by atoms with Crippen molar-refractivity contribution in [2.24, 2.45) is 0 Å². The number of H-pyrrole nitrogens is 1. The van der Waals surface area contributed by atoms with E-state index in [9.17, 15) is 9.18 Å². The summed E-state index contributed by atoms with van der Waals surface area (Å²) in [5, 5.41) is 3.89. The van der Waals surface area contributed by atoms with Crippen LogP contribution < -0.4 is 5.32 Å². The van der Waals surface area contributed by atoms with Gasteiger partial charge in [0, 0.05) is 36.0 Å². The molecule has 0 fully saturated rings. The molecule has 0 aliphatic heterocycles. The number of rotatable bonds is 8. The van der Waals surface area contributed by atoms with Gasteiger partial charge >= 0.3 is 0 Å². The summed E-state index contributed by atoms with van der Waals surface area (Å²) in [5.74, 6) is 0.705. The summed E-state index contributed by atoms with van der Waals surface area (Å²) in [6.07, 6.45) is 9.23. The van der Waals surface area contributed by atoms with Crippen molar-refractivity contribution in [3.63, 3.8) is 0 Å². The average Bonchev–Trinajstić information content (AvgIpc) is 3.26. The molecule has 0 aliphatic carbocycles. The smallest absolute Gasteiger partial charge is 0.243 e. The Balaban J connectivity index is 1.61. The lowest BCUT2D eigenvalue weighted by molar-refractivity contribution is -0.124. The molecule has 0 saturated heterocycles. The summed E-state index contributed by atoms with van der Waals surface area (Å²) in [5.41, 5.74) is 1.92. The van der Waals surface area contributed by atoms with E-state index in [1.165, 1.54) is 12.1 Å². The maximum absolute atomic E-state index is 13.4. The number of hydrogen-bond acceptors (Lipinski definition) is 2. The Bertz CT molecular complexity index is 828. The largest absolute Gasteiger partial charge is 0.361 e. The van der Waals surface area contributed by atoms with E-state index in [4.69, 9.17) is 0 Å². The first-order valence-corrected chi connectivity index (χ1v) is 9.73. The minimum Gasteiger partial charge on any atom is -0.361 e. The lowest BCUT2D eigenvalue weighted by Gasteiger charge is -2.18. The molecule has 2 heterocycles. The van der Waals surface area contributed by atoms with Gasteiger partial charge in [-0.1, -0.05) is 0 Å². The van der Waals surface area contributed by atoms with Crippen LogP contribution in [0.3, 0.4) is 0 Å². The first-order valence-electron chi connectivity index (χ1n) is 8.33. The number of benzene rings is 1. The summed E-state index contributed by atoms with van der Waals surface area (Å²) in [6.45, 7) is 0.527. The Hall–Kier alpha value is -2.21. The number of carbonyl (C=O) groups is 1. The molecule has 0 saturated carbocycles. The highest BCUT2D eigenvalue weighted by molar-refractivity contribution is 7.98. The second-order valence-electron chi connectivity index (χ2n) is 5.97. The molecule has 25 heavy (non-hydrogen) atoms. The predicted octanol–water partition coefficient (Wildman–Crippen LogP) is 3.76. The van der Waals surface area contributed by atoms with Crippen LogP contribution in [-0.2, 0) is 11.2 Å². The minimum absolute atomic E-state index is 0.0243. The third-order valence-corrected chi connectivity index (χ3v) is 4.95. The normalized spacial score (nSPS) is 12.4. The van der Waals surface area contributed by atoms with Gasteiger partial charge in [-0.3, -0.25) is 4.79 Å². The number of nitrogens with zero attached hydrogens (tertiary/aromatic N) is 1. The third kappa shape index (κ3) is 4.25. The molecule has 1 unspecified atom stereocenters. The standard InChI is InChI=1S/C19H22FN3OS/c1-25-11-7-18(23-9-2-3-10-23)19(24)21-8-6-14-13-22-17-5-4-15(20)12-16(14)17/h2-5,9-10,12-13,18,22H,6-8,11H2,1H3,(H,21,24). The zero-order valence-corrected chi connectivity index (χ0v) is 15.0. The fraction of sp³-hybridized carbons (Fsp3) is 0.316. The average molecular weight is 359 g/mol. The van der Waals surface area contributed by atoms with Crippen LogP contribution >= 0.6 is 11.8 Å². The molecule has 0 bridgehead atoms. The summed E-state index contributed by atoms with van der Waals surface area (Å²) in [7, 11) is 0. The Morgan fingerprint density at radius 3 is 2.92 bits per heavy atom. The van der Waals surface area contributed by atoms with Gasteiger partial charge < -0.3 is 14.9 Å². The Kier molecular flexibility index (Phi) is 5.81. The molecule has 4 nitrogen and oxygen atoms in total. The number of thioether (sulfide) groups is 1. The fourth-order valence-corrected chi connectivity index (χ4v) is 3.46. The molecule has 0 spiro atoms. The van der Waals surface area contributed by atoms with E-state index in [-0.39, 0.29) is 17.8 Å². The van der Waals surface area contributed by atoms with Crippen molar-refractivity contribution in [1.82, 2.24) is 14.9 Å². The molecule has 1 atom stereocenters. The number of halogens is 1. The van der Waals surface area contributed by atoms with Gasteiger partial charge in [0.15, 0.2) is 0 Å². The molecule has 2 N–H and O–H groups in total. The van der Waals surface area contributed by atoms with Crippen LogP contribution in [0.25, 0.3) is 10.9 Å². The molecule has 3 aromatic rings. The maximum atomic E-state index is 13.4. The van der Waals surface area contributed by atoms with Crippen LogP contribution in [0.2, 0.25) is 0 Å². The van der Waals surface area contributed by atoms with Crippen LogP contribution in [0, 0.1) is 5.82 Å². The van der Waals surface area contributed by atoms with E-state index in [1.807, 2.05) is 41.5 Å². The van der Waals surface area contributed by atoms with Crippen molar-refractivity contribution in [1.29, 1.82) is 0 Å². The second-order valence-corrected chi connectivity index (χ2v) is 6.96. The van der Waals surface area contributed by atoms with E-state index in [0.717, 1.165) is 28.6 Å². The molecular weight excluding hydrogens is 337 g/mol. The molecule has 0 aliphatic rings. The van der Waals surface area contributed by atoms with E-state index in [2.05, 4.69) is 10.3 Å². The zero-order chi connectivity index (χ0) is 17.6. The van der Waals surface area contributed by atoms with E-state index in [1.54, 1.807) is 17.8 Å². The second kappa shape index (κ2) is 8.25. The van der Waals surface area contributed by atoms with Gasteiger partial charge in [0.05, 0.1) is 0 Å². The number of aromatic nitrogens is 2. The summed E-state index contributed by atoms with van der Waals surface area (Å²) in [4.78, 5) is 15.7. The van der Waals surface area contributed by atoms with Gasteiger partial charge in [0.2, 0.25) is 5.91 Å². The molecule has 0 radical (unpaired) electrons. The van der Waals surface area contributed by atoms with Crippen molar-refractivity contribution in [2.45, 2.75) is 18.9 Å². The van der Waals surface area contributed by atoms with E-state index >= 15 is 0 Å². The number of nitrogens with one attached hydrogen (secondary N) is 2. The summed E-state index contributed by atoms with van der Waals surface area (Å²) in [6, 6.07) is 8.38. The van der Waals surface area contributed by atoms with Gasteiger partial charge in [-0.05, 0) is 60.7 Å². The molecular formula is C19H22FN3OS. The first-order chi connectivity index (χ1) is 12.2. The topological polar surface area (TPSA) is 49.8 Å². The number of aromatic amines is 1. The minimum atomic E-state index is -0.248. The van der Waals surface area contributed by atoms with Gasteiger partial charge in [-0.2, -0.15) is 11.8 Å². The Morgan fingerprint density at radius 2 is 2.16 bits per heavy atom. The van der Waals surface area contributed by atoms with Crippen LogP contribution in [-0.4, -0.2) is 34.0 Å². The quantitative estimate of drug-likeness (QED) is 0.643. The maximum Gasteiger partial charge on any atom is 0.243 e. The van der Waals surface area contributed by atoms with Crippen LogP contribution in [0.1, 0.15) is 18.0 Å². The Labute approximate surface area is 150 Å². The zero-order valence-electron chi connectivity index (χ0n) is 14.2. The van der Waals surface area contributed by atoms with Gasteiger partial charge in [-0.15, -0.1) is 0 Å². The van der Waals surface area contributed by atoms with Gasteiger partial charge in [-0.25, -0.2) is 4.39 Å². The monoisotopic (exact) mass is 359 g/mol. The summed E-state index contributed by atoms with van der Waals surface area (Å²) < 4.78 is 15.4. The highest BCUT2D eigenvalue weighted by Gasteiger charge is 2.18. The third-order valence-electron chi connectivity index (χ3n) is 4.31. The number of hydrogen-bond donors (Lipinski definition) is 2. The lowest BCUT2D eigenvalue weighted by Crippen LogP contribution is -2.33. The van der Waals surface area contributed by atoms with Gasteiger partial charge in [0.25, 0.3) is 0 Å². The molecule has 1 amide bonds. The van der Waals surface area contributed by atoms with Crippen molar-refractivity contribution in [2.75, 3.05) is 18.6 Å².